The van der Waals surface area contributed by atoms with Gasteiger partial charge < -0.3 is 14.6 Å². The summed E-state index contributed by atoms with van der Waals surface area (Å²) in [5.74, 6) is -1.40. The highest BCUT2D eigenvalue weighted by atomic mass is 16.5. The number of ether oxygens (including phenoxy) is 2. The maximum atomic E-state index is 12.3. The second kappa shape index (κ2) is 8.10. The van der Waals surface area contributed by atoms with Crippen LogP contribution in [-0.2, 0) is 4.79 Å². The molecule has 0 aromatic heterocycles. The minimum atomic E-state index is -0.484. The molecule has 25 heavy (non-hydrogen) atoms. The van der Waals surface area contributed by atoms with Crippen molar-refractivity contribution in [3.8, 4) is 17.2 Å². The van der Waals surface area contributed by atoms with Crippen LogP contribution in [0.15, 0.2) is 42.5 Å². The summed E-state index contributed by atoms with van der Waals surface area (Å²) in [5, 5.41) is 9.85. The summed E-state index contributed by atoms with van der Waals surface area (Å²) < 4.78 is 9.97. The number of benzene rings is 2. The lowest BCUT2D eigenvalue weighted by atomic mass is 10.00. The zero-order valence-corrected chi connectivity index (χ0v) is 13.9. The maximum absolute atomic E-state index is 12.3. The van der Waals surface area contributed by atoms with Crippen LogP contribution in [0.1, 0.15) is 33.6 Å². The molecule has 0 aliphatic heterocycles. The zero-order valence-electron chi connectivity index (χ0n) is 13.9. The van der Waals surface area contributed by atoms with Gasteiger partial charge in [0.05, 0.1) is 27.1 Å². The van der Waals surface area contributed by atoms with Gasteiger partial charge >= 0.3 is 0 Å². The van der Waals surface area contributed by atoms with Crippen molar-refractivity contribution in [3.63, 3.8) is 0 Å². The maximum Gasteiger partial charge on any atom is 0.200 e. The highest BCUT2D eigenvalue weighted by Crippen LogP contribution is 2.37. The van der Waals surface area contributed by atoms with E-state index in [9.17, 15) is 19.5 Å². The number of carbonyl (C=O) groups is 3. The van der Waals surface area contributed by atoms with E-state index in [1.54, 1.807) is 30.3 Å². The van der Waals surface area contributed by atoms with Gasteiger partial charge in [-0.2, -0.15) is 0 Å². The summed E-state index contributed by atoms with van der Waals surface area (Å²) in [4.78, 5) is 36.3. The van der Waals surface area contributed by atoms with E-state index in [0.717, 1.165) is 0 Å². The topological polar surface area (TPSA) is 89.9 Å². The highest BCUT2D eigenvalue weighted by molar-refractivity contribution is 6.15. The molecule has 0 bridgehead atoms. The molecule has 0 unspecified atom stereocenters. The van der Waals surface area contributed by atoms with Gasteiger partial charge in [-0.25, -0.2) is 0 Å². The predicted octanol–water partition coefficient (Wildman–Crippen LogP) is 2.82. The minimum absolute atomic E-state index is 0.0653. The normalized spacial score (nSPS) is 10.2. The molecule has 0 fully saturated rings. The van der Waals surface area contributed by atoms with Gasteiger partial charge in [-0.15, -0.1) is 0 Å². The van der Waals surface area contributed by atoms with E-state index in [0.29, 0.717) is 5.56 Å². The van der Waals surface area contributed by atoms with Gasteiger partial charge in [0.1, 0.15) is 5.78 Å². The fourth-order valence-electron chi connectivity index (χ4n) is 2.30. The molecule has 0 amide bonds. The smallest absolute Gasteiger partial charge is 0.200 e. The summed E-state index contributed by atoms with van der Waals surface area (Å²) in [7, 11) is 2.68. The lowest BCUT2D eigenvalue weighted by molar-refractivity contribution is -0.117. The van der Waals surface area contributed by atoms with Gasteiger partial charge in [-0.1, -0.05) is 30.3 Å². The largest absolute Gasteiger partial charge is 0.502 e. The van der Waals surface area contributed by atoms with E-state index >= 15 is 0 Å². The van der Waals surface area contributed by atoms with Gasteiger partial charge in [-0.05, 0) is 12.1 Å². The first-order valence-electron chi connectivity index (χ1n) is 7.54. The number of rotatable bonds is 8. The molecule has 0 spiro atoms. The highest BCUT2D eigenvalue weighted by Gasteiger charge is 2.19. The Labute approximate surface area is 145 Å². The third-order valence-electron chi connectivity index (χ3n) is 3.61. The van der Waals surface area contributed by atoms with Crippen LogP contribution in [0.5, 0.6) is 17.2 Å². The van der Waals surface area contributed by atoms with Crippen LogP contribution in [0.4, 0.5) is 0 Å². The van der Waals surface area contributed by atoms with Gasteiger partial charge in [0.25, 0.3) is 0 Å². The molecular weight excluding hydrogens is 324 g/mol. The minimum Gasteiger partial charge on any atom is -0.502 e. The molecule has 0 heterocycles. The lowest BCUT2D eigenvalue weighted by Crippen LogP contribution is -2.13. The van der Waals surface area contributed by atoms with Crippen molar-refractivity contribution < 1.29 is 29.0 Å². The first kappa shape index (κ1) is 18.2. The molecule has 0 aliphatic rings. The molecule has 2 aromatic rings. The van der Waals surface area contributed by atoms with Crippen LogP contribution in [0.25, 0.3) is 0 Å². The number of hydrogen-bond acceptors (Lipinski definition) is 6. The lowest BCUT2D eigenvalue weighted by Gasteiger charge is -2.10. The van der Waals surface area contributed by atoms with Gasteiger partial charge in [0.15, 0.2) is 23.1 Å². The van der Waals surface area contributed by atoms with Crippen LogP contribution in [0.3, 0.4) is 0 Å². The van der Waals surface area contributed by atoms with Crippen molar-refractivity contribution in [2.75, 3.05) is 14.2 Å². The van der Waals surface area contributed by atoms with E-state index in [-0.39, 0.29) is 35.0 Å². The summed E-state index contributed by atoms with van der Waals surface area (Å²) in [6.45, 7) is 0. The summed E-state index contributed by atoms with van der Waals surface area (Å²) in [5.41, 5.74) is 0.586. The third kappa shape index (κ3) is 4.44. The molecule has 6 nitrogen and oxygen atoms in total. The Hall–Kier alpha value is -3.15. The predicted molar refractivity (Wildman–Crippen MR) is 90.6 cm³/mol. The van der Waals surface area contributed by atoms with E-state index in [1.807, 2.05) is 0 Å². The monoisotopic (exact) mass is 342 g/mol. The molecule has 0 radical (unpaired) electrons. The fraction of sp³-hybridized carbons (Fsp3) is 0.211. The van der Waals surface area contributed by atoms with Gasteiger partial charge in [-0.3, -0.25) is 14.4 Å². The van der Waals surface area contributed by atoms with Crippen LogP contribution in [-0.4, -0.2) is 36.7 Å². The molecule has 0 saturated carbocycles. The molecule has 0 aliphatic carbocycles. The van der Waals surface area contributed by atoms with E-state index in [4.69, 9.17) is 9.47 Å². The first-order valence-corrected chi connectivity index (χ1v) is 7.54. The fourth-order valence-corrected chi connectivity index (χ4v) is 2.30. The van der Waals surface area contributed by atoms with Gasteiger partial charge in [0, 0.05) is 11.1 Å². The average Bonchev–Trinajstić information content (AvgIpc) is 2.62. The molecule has 0 saturated heterocycles. The van der Waals surface area contributed by atoms with Crippen LogP contribution in [0, 0.1) is 0 Å². The Morgan fingerprint density at radius 3 is 1.80 bits per heavy atom. The number of hydrogen-bond donors (Lipinski definition) is 1. The SMILES string of the molecule is COc1cc(C(=O)CC(=O)CC(=O)c2ccccc2)cc(OC)c1O. The Bertz CT molecular complexity index is 770. The number of ketones is 3. The van der Waals surface area contributed by atoms with Crippen molar-refractivity contribution in [3.05, 3.63) is 53.6 Å². The second-order valence-corrected chi connectivity index (χ2v) is 5.33. The molecule has 2 rings (SSSR count). The number of aromatic hydroxyl groups is 1. The van der Waals surface area contributed by atoms with Crippen LogP contribution >= 0.6 is 0 Å². The second-order valence-electron chi connectivity index (χ2n) is 5.33. The Kier molecular flexibility index (Phi) is 5.89. The quantitative estimate of drug-likeness (QED) is 0.586. The first-order chi connectivity index (χ1) is 12.0. The number of phenolic OH excluding ortho intramolecular Hbond substituents is 1. The van der Waals surface area contributed by atoms with Crippen LogP contribution < -0.4 is 9.47 Å². The summed E-state index contributed by atoms with van der Waals surface area (Å²) in [6, 6.07) is 11.1. The summed E-state index contributed by atoms with van der Waals surface area (Å²) in [6.07, 6.45) is -0.766. The van der Waals surface area contributed by atoms with Crippen molar-refractivity contribution in [2.24, 2.45) is 0 Å². The number of Topliss-reactive ketones (excluding diaryl/α,β-unsaturated/α-hetero) is 3. The van der Waals surface area contributed by atoms with E-state index < -0.39 is 18.0 Å². The number of methoxy groups -OCH3 is 2. The van der Waals surface area contributed by atoms with E-state index in [2.05, 4.69) is 0 Å². The number of phenols is 1. The van der Waals surface area contributed by atoms with Gasteiger partial charge in [0.2, 0.25) is 5.75 Å². The summed E-state index contributed by atoms with van der Waals surface area (Å²) >= 11 is 0. The zero-order chi connectivity index (χ0) is 18.4. The van der Waals surface area contributed by atoms with Crippen molar-refractivity contribution >= 4 is 17.3 Å². The molecule has 2 aromatic carbocycles. The Morgan fingerprint density at radius 1 is 0.840 bits per heavy atom. The average molecular weight is 342 g/mol. The van der Waals surface area contributed by atoms with Crippen molar-refractivity contribution in [2.45, 2.75) is 12.8 Å². The Morgan fingerprint density at radius 2 is 1.32 bits per heavy atom. The molecule has 1 N–H and O–H groups in total. The van der Waals surface area contributed by atoms with E-state index in [1.165, 1.54) is 26.4 Å². The molecule has 6 heteroatoms. The standard InChI is InChI=1S/C19H18O6/c1-24-17-8-13(9-18(25-2)19(17)23)16(22)11-14(20)10-15(21)12-6-4-3-5-7-12/h3-9,23H,10-11H2,1-2H3. The third-order valence-corrected chi connectivity index (χ3v) is 3.61. The Balaban J connectivity index is 2.09. The van der Waals surface area contributed by atoms with Crippen LogP contribution in [0.2, 0.25) is 0 Å². The number of carbonyl (C=O) groups excluding carboxylic acids is 3. The molecule has 0 atom stereocenters. The molecule has 130 valence electrons. The van der Waals surface area contributed by atoms with Crippen molar-refractivity contribution in [1.82, 2.24) is 0 Å². The molecular formula is C19H18O6. The van der Waals surface area contributed by atoms with Crippen molar-refractivity contribution in [1.29, 1.82) is 0 Å².